The minimum Gasteiger partial charge on any atom is -0.452 e. The first-order valence-corrected chi connectivity index (χ1v) is 9.72. The number of likely N-dealkylation sites (N-methyl/N-ethyl adjacent to an activating group) is 1. The molecule has 1 aromatic carbocycles. The van der Waals surface area contributed by atoms with Gasteiger partial charge in [-0.05, 0) is 38.5 Å². The predicted molar refractivity (Wildman–Crippen MR) is 98.6 cm³/mol. The summed E-state index contributed by atoms with van der Waals surface area (Å²) in [6.07, 6.45) is 0. The third-order valence-corrected chi connectivity index (χ3v) is 5.47. The molecule has 10 heteroatoms. The number of aryl methyl sites for hydroxylation is 1. The van der Waals surface area contributed by atoms with E-state index < -0.39 is 34.5 Å². The first-order chi connectivity index (χ1) is 12.5. The van der Waals surface area contributed by atoms with E-state index in [-0.39, 0.29) is 16.4 Å². The fraction of sp³-hybridized carbons (Fsp3) is 0.471. The summed E-state index contributed by atoms with van der Waals surface area (Å²) >= 11 is 0. The average Bonchev–Trinajstić information content (AvgIpc) is 2.59. The van der Waals surface area contributed by atoms with Crippen LogP contribution in [0.4, 0.5) is 0 Å². The molecule has 0 saturated carbocycles. The van der Waals surface area contributed by atoms with Crippen molar-refractivity contribution in [3.63, 3.8) is 0 Å². The second-order valence-corrected chi connectivity index (χ2v) is 8.18. The summed E-state index contributed by atoms with van der Waals surface area (Å²) in [6.45, 7) is 4.72. The maximum atomic E-state index is 12.3. The third-order valence-electron chi connectivity index (χ3n) is 3.66. The van der Waals surface area contributed by atoms with Crippen LogP contribution in [0.5, 0.6) is 0 Å². The van der Waals surface area contributed by atoms with Crippen molar-refractivity contribution < 1.29 is 27.5 Å². The zero-order valence-electron chi connectivity index (χ0n) is 16.0. The van der Waals surface area contributed by atoms with Gasteiger partial charge in [-0.1, -0.05) is 6.07 Å². The van der Waals surface area contributed by atoms with Gasteiger partial charge in [0.15, 0.2) is 6.61 Å². The van der Waals surface area contributed by atoms with Crippen LogP contribution in [0.25, 0.3) is 0 Å². The average molecular weight is 399 g/mol. The molecule has 0 radical (unpaired) electrons. The van der Waals surface area contributed by atoms with Gasteiger partial charge in [-0.3, -0.25) is 9.59 Å². The van der Waals surface area contributed by atoms with Crippen LogP contribution in [0, 0.1) is 6.92 Å². The number of nitrogens with one attached hydrogen (secondary N) is 2. The third kappa shape index (κ3) is 6.04. The number of hydrogen-bond acceptors (Lipinski definition) is 6. The van der Waals surface area contributed by atoms with Gasteiger partial charge in [0.25, 0.3) is 5.91 Å². The quantitative estimate of drug-likeness (QED) is 0.596. The Morgan fingerprint density at radius 3 is 2.41 bits per heavy atom. The summed E-state index contributed by atoms with van der Waals surface area (Å²) in [6, 6.07) is 3.32. The summed E-state index contributed by atoms with van der Waals surface area (Å²) in [4.78, 5) is 35.6. The maximum absolute atomic E-state index is 12.3. The van der Waals surface area contributed by atoms with Gasteiger partial charge in [0.1, 0.15) is 6.04 Å². The van der Waals surface area contributed by atoms with Gasteiger partial charge in [-0.25, -0.2) is 17.5 Å². The van der Waals surface area contributed by atoms with Crippen LogP contribution < -0.4 is 10.6 Å². The molecule has 2 amide bonds. The van der Waals surface area contributed by atoms with Crippen LogP contribution in [-0.4, -0.2) is 63.8 Å². The van der Waals surface area contributed by atoms with E-state index in [1.165, 1.54) is 39.2 Å². The van der Waals surface area contributed by atoms with Gasteiger partial charge >= 0.3 is 5.97 Å². The minimum absolute atomic E-state index is 0.0440. The fourth-order valence-corrected chi connectivity index (χ4v) is 3.01. The molecule has 1 aromatic rings. The van der Waals surface area contributed by atoms with Crippen molar-refractivity contribution in [2.45, 2.75) is 31.7 Å². The largest absolute Gasteiger partial charge is 0.452 e. The van der Waals surface area contributed by atoms with Gasteiger partial charge in [0.2, 0.25) is 15.9 Å². The Labute approximate surface area is 159 Å². The molecule has 0 saturated heterocycles. The normalized spacial score (nSPS) is 12.4. The van der Waals surface area contributed by atoms with Crippen molar-refractivity contribution in [2.75, 3.05) is 27.2 Å². The molecule has 1 rings (SSSR count). The van der Waals surface area contributed by atoms with E-state index >= 15 is 0 Å². The highest BCUT2D eigenvalue weighted by Crippen LogP contribution is 2.18. The molecule has 0 aromatic heterocycles. The highest BCUT2D eigenvalue weighted by Gasteiger charge is 2.22. The molecule has 150 valence electrons. The van der Waals surface area contributed by atoms with E-state index in [0.717, 1.165) is 4.31 Å². The van der Waals surface area contributed by atoms with E-state index in [2.05, 4.69) is 10.6 Å². The smallest absolute Gasteiger partial charge is 0.338 e. The summed E-state index contributed by atoms with van der Waals surface area (Å²) in [5, 5.41) is 4.96. The molecule has 27 heavy (non-hydrogen) atoms. The first kappa shape index (κ1) is 22.6. The maximum Gasteiger partial charge on any atom is 0.338 e. The zero-order chi connectivity index (χ0) is 20.8. The van der Waals surface area contributed by atoms with Gasteiger partial charge < -0.3 is 15.4 Å². The Morgan fingerprint density at radius 2 is 1.85 bits per heavy atom. The summed E-state index contributed by atoms with van der Waals surface area (Å²) in [5.74, 6) is -1.82. The van der Waals surface area contributed by atoms with Crippen molar-refractivity contribution in [3.05, 3.63) is 29.3 Å². The molecule has 0 aliphatic heterocycles. The number of hydrogen-bond donors (Lipinski definition) is 2. The Kier molecular flexibility index (Phi) is 7.92. The van der Waals surface area contributed by atoms with Gasteiger partial charge in [-0.2, -0.15) is 0 Å². The van der Waals surface area contributed by atoms with E-state index in [4.69, 9.17) is 4.74 Å². The lowest BCUT2D eigenvalue weighted by Crippen LogP contribution is -2.46. The van der Waals surface area contributed by atoms with Crippen molar-refractivity contribution in [1.29, 1.82) is 0 Å². The number of amides is 2. The number of carbonyl (C=O) groups is 3. The van der Waals surface area contributed by atoms with Crippen molar-refractivity contribution in [3.8, 4) is 0 Å². The lowest BCUT2D eigenvalue weighted by Gasteiger charge is -2.15. The number of ether oxygens (including phenoxy) is 1. The molecule has 2 N–H and O–H groups in total. The predicted octanol–water partition coefficient (Wildman–Crippen LogP) is 0.0429. The number of rotatable bonds is 8. The lowest BCUT2D eigenvalue weighted by atomic mass is 10.1. The first-order valence-electron chi connectivity index (χ1n) is 8.28. The zero-order valence-corrected chi connectivity index (χ0v) is 16.8. The Hall–Kier alpha value is -2.46. The molecular weight excluding hydrogens is 374 g/mol. The van der Waals surface area contributed by atoms with Crippen LogP contribution in [0.2, 0.25) is 0 Å². The second-order valence-electron chi connectivity index (χ2n) is 6.02. The van der Waals surface area contributed by atoms with E-state index in [0.29, 0.717) is 12.1 Å². The molecule has 0 aliphatic carbocycles. The number of nitrogens with zero attached hydrogens (tertiary/aromatic N) is 1. The Bertz CT molecular complexity index is 820. The molecule has 0 aliphatic rings. The topological polar surface area (TPSA) is 122 Å². The van der Waals surface area contributed by atoms with E-state index in [1.807, 2.05) is 0 Å². The minimum atomic E-state index is -3.71. The van der Waals surface area contributed by atoms with Crippen LogP contribution in [-0.2, 0) is 24.3 Å². The molecule has 0 fully saturated rings. The summed E-state index contributed by atoms with van der Waals surface area (Å²) in [5.41, 5.74) is 0.552. The SMILES string of the molecule is CCNC(=O)[C@H](C)NC(=O)COC(=O)c1cc(S(=O)(=O)N(C)C)ccc1C. The van der Waals surface area contributed by atoms with E-state index in [1.54, 1.807) is 13.8 Å². The molecule has 0 bridgehead atoms. The Balaban J connectivity index is 2.81. The molecular formula is C17H25N3O6S. The van der Waals surface area contributed by atoms with Crippen molar-refractivity contribution in [2.24, 2.45) is 0 Å². The number of esters is 1. The highest BCUT2D eigenvalue weighted by molar-refractivity contribution is 7.89. The summed E-state index contributed by atoms with van der Waals surface area (Å²) < 4.78 is 30.4. The van der Waals surface area contributed by atoms with Crippen LogP contribution in [0.3, 0.4) is 0 Å². The number of sulfonamides is 1. The standard InChI is InChI=1S/C17H25N3O6S/c1-6-18-16(22)12(3)19-15(21)10-26-17(23)14-9-13(8-7-11(14)2)27(24,25)20(4)5/h7-9,12H,6,10H2,1-5H3,(H,18,22)(H,19,21)/t12-/m0/s1. The van der Waals surface area contributed by atoms with Crippen LogP contribution >= 0.6 is 0 Å². The summed E-state index contributed by atoms with van der Waals surface area (Å²) in [7, 11) is -0.945. The highest BCUT2D eigenvalue weighted by atomic mass is 32.2. The molecule has 9 nitrogen and oxygen atoms in total. The van der Waals surface area contributed by atoms with Gasteiger partial charge in [0.05, 0.1) is 10.5 Å². The number of carbonyl (C=O) groups excluding carboxylic acids is 3. The van der Waals surface area contributed by atoms with Crippen LogP contribution in [0.1, 0.15) is 29.8 Å². The molecule has 1 atom stereocenters. The molecule has 0 heterocycles. The van der Waals surface area contributed by atoms with Crippen molar-refractivity contribution in [1.82, 2.24) is 14.9 Å². The lowest BCUT2D eigenvalue weighted by molar-refractivity contribution is -0.130. The van der Waals surface area contributed by atoms with Crippen LogP contribution in [0.15, 0.2) is 23.1 Å². The number of benzene rings is 1. The van der Waals surface area contributed by atoms with Gasteiger partial charge in [0, 0.05) is 20.6 Å². The monoisotopic (exact) mass is 399 g/mol. The Morgan fingerprint density at radius 1 is 1.22 bits per heavy atom. The van der Waals surface area contributed by atoms with E-state index in [9.17, 15) is 22.8 Å². The second kappa shape index (κ2) is 9.47. The fourth-order valence-electron chi connectivity index (χ4n) is 2.08. The molecule has 0 unspecified atom stereocenters. The van der Waals surface area contributed by atoms with Gasteiger partial charge in [-0.15, -0.1) is 0 Å². The molecule has 0 spiro atoms. The van der Waals surface area contributed by atoms with Crippen molar-refractivity contribution >= 4 is 27.8 Å².